The van der Waals surface area contributed by atoms with E-state index in [4.69, 9.17) is 14.6 Å². The summed E-state index contributed by atoms with van der Waals surface area (Å²) in [6.07, 6.45) is 0.515. The van der Waals surface area contributed by atoms with Crippen molar-refractivity contribution in [2.75, 3.05) is 21.3 Å². The van der Waals surface area contributed by atoms with Crippen LogP contribution in [0.1, 0.15) is 24.9 Å². The number of ether oxygens (including phenoxy) is 2. The van der Waals surface area contributed by atoms with Crippen LogP contribution in [-0.4, -0.2) is 32.3 Å². The Morgan fingerprint density at radius 1 is 1.32 bits per heavy atom. The lowest BCUT2D eigenvalue weighted by Crippen LogP contribution is -2.22. The first-order valence-electron chi connectivity index (χ1n) is 6.15. The van der Waals surface area contributed by atoms with E-state index < -0.39 is 11.9 Å². The predicted octanol–water partition coefficient (Wildman–Crippen LogP) is 2.08. The molecule has 0 amide bonds. The minimum absolute atomic E-state index is 0.0362. The fourth-order valence-corrected chi connectivity index (χ4v) is 1.94. The topological polar surface area (TPSA) is 67.8 Å². The molecule has 0 heterocycles. The number of methoxy groups -OCH3 is 2. The van der Waals surface area contributed by atoms with Crippen molar-refractivity contribution in [3.63, 3.8) is 0 Å². The highest BCUT2D eigenvalue weighted by Crippen LogP contribution is 2.31. The molecule has 0 aromatic heterocycles. The number of aliphatic carboxylic acids is 1. The lowest BCUT2D eigenvalue weighted by atomic mass is 9.96. The summed E-state index contributed by atoms with van der Waals surface area (Å²) in [6, 6.07) is 5.57. The fourth-order valence-electron chi connectivity index (χ4n) is 1.94. The Hall–Kier alpha value is -1.75. The van der Waals surface area contributed by atoms with Gasteiger partial charge in [0.15, 0.2) is 11.5 Å². The zero-order valence-electron chi connectivity index (χ0n) is 11.8. The van der Waals surface area contributed by atoms with E-state index in [-0.39, 0.29) is 6.04 Å². The van der Waals surface area contributed by atoms with Crippen molar-refractivity contribution >= 4 is 5.97 Å². The quantitative estimate of drug-likeness (QED) is 0.791. The van der Waals surface area contributed by atoms with E-state index in [0.29, 0.717) is 17.9 Å². The third kappa shape index (κ3) is 3.86. The Morgan fingerprint density at radius 2 is 1.95 bits per heavy atom. The Balaban J connectivity index is 2.95. The smallest absolute Gasteiger partial charge is 0.306 e. The Kier molecular flexibility index (Phi) is 5.63. The standard InChI is InChI=1S/C14H21NO4/c1-9(14(16)17)7-11(15-2)10-5-6-12(18-3)13(8-10)19-4/h5-6,8-9,11,15H,7H2,1-4H3,(H,16,17). The Labute approximate surface area is 113 Å². The molecule has 106 valence electrons. The van der Waals surface area contributed by atoms with Crippen LogP contribution in [0.15, 0.2) is 18.2 Å². The molecule has 0 spiro atoms. The number of rotatable bonds is 7. The van der Waals surface area contributed by atoms with Gasteiger partial charge in [-0.25, -0.2) is 0 Å². The number of carboxylic acids is 1. The van der Waals surface area contributed by atoms with E-state index in [0.717, 1.165) is 5.56 Å². The molecule has 1 rings (SSSR count). The molecule has 2 N–H and O–H groups in total. The van der Waals surface area contributed by atoms with Crippen LogP contribution in [0.25, 0.3) is 0 Å². The van der Waals surface area contributed by atoms with E-state index in [1.807, 2.05) is 25.2 Å². The number of carboxylic acid groups (broad SMARTS) is 1. The van der Waals surface area contributed by atoms with E-state index in [2.05, 4.69) is 5.32 Å². The van der Waals surface area contributed by atoms with Crippen LogP contribution in [-0.2, 0) is 4.79 Å². The van der Waals surface area contributed by atoms with Gasteiger partial charge in [-0.1, -0.05) is 13.0 Å². The van der Waals surface area contributed by atoms with Gasteiger partial charge in [-0.3, -0.25) is 4.79 Å². The number of carbonyl (C=O) groups is 1. The number of nitrogens with one attached hydrogen (secondary N) is 1. The van der Waals surface area contributed by atoms with E-state index in [1.54, 1.807) is 21.1 Å². The average Bonchev–Trinajstić information content (AvgIpc) is 2.43. The van der Waals surface area contributed by atoms with Gasteiger partial charge in [0.2, 0.25) is 0 Å². The highest BCUT2D eigenvalue weighted by molar-refractivity contribution is 5.69. The predicted molar refractivity (Wildman–Crippen MR) is 72.8 cm³/mol. The van der Waals surface area contributed by atoms with Crippen molar-refractivity contribution in [3.8, 4) is 11.5 Å². The molecule has 0 aliphatic rings. The highest BCUT2D eigenvalue weighted by Gasteiger charge is 2.19. The SMILES string of the molecule is CNC(CC(C)C(=O)O)c1ccc(OC)c(OC)c1. The van der Waals surface area contributed by atoms with Gasteiger partial charge >= 0.3 is 5.97 Å². The minimum Gasteiger partial charge on any atom is -0.493 e. The van der Waals surface area contributed by atoms with Gasteiger partial charge in [0.1, 0.15) is 0 Å². The summed E-state index contributed by atoms with van der Waals surface area (Å²) >= 11 is 0. The third-order valence-electron chi connectivity index (χ3n) is 3.17. The number of benzene rings is 1. The number of hydrogen-bond donors (Lipinski definition) is 2. The molecule has 0 aliphatic heterocycles. The van der Waals surface area contributed by atoms with Gasteiger partial charge in [0.05, 0.1) is 20.1 Å². The molecule has 5 nitrogen and oxygen atoms in total. The molecule has 0 aliphatic carbocycles. The van der Waals surface area contributed by atoms with Crippen LogP contribution in [0, 0.1) is 5.92 Å². The summed E-state index contributed by atoms with van der Waals surface area (Å²) in [4.78, 5) is 10.9. The Bertz CT molecular complexity index is 433. The zero-order valence-corrected chi connectivity index (χ0v) is 11.8. The normalized spacial score (nSPS) is 13.7. The molecule has 0 saturated carbocycles. The maximum absolute atomic E-state index is 10.9. The molecular formula is C14H21NO4. The summed E-state index contributed by atoms with van der Waals surface area (Å²) in [5.74, 6) is 0.0990. The summed E-state index contributed by atoms with van der Waals surface area (Å²) in [6.45, 7) is 1.70. The van der Waals surface area contributed by atoms with Crippen LogP contribution in [0.5, 0.6) is 11.5 Å². The van der Waals surface area contributed by atoms with Crippen molar-refractivity contribution in [3.05, 3.63) is 23.8 Å². The minimum atomic E-state index is -0.791. The van der Waals surface area contributed by atoms with Crippen molar-refractivity contribution in [1.82, 2.24) is 5.32 Å². The summed E-state index contributed by atoms with van der Waals surface area (Å²) in [7, 11) is 4.98. The molecule has 0 saturated heterocycles. The van der Waals surface area contributed by atoms with E-state index in [1.165, 1.54) is 0 Å². The van der Waals surface area contributed by atoms with Crippen LogP contribution in [0.4, 0.5) is 0 Å². The monoisotopic (exact) mass is 267 g/mol. The van der Waals surface area contributed by atoms with Gasteiger partial charge in [-0.2, -0.15) is 0 Å². The van der Waals surface area contributed by atoms with Gasteiger partial charge in [-0.15, -0.1) is 0 Å². The molecule has 19 heavy (non-hydrogen) atoms. The Morgan fingerprint density at radius 3 is 2.42 bits per heavy atom. The average molecular weight is 267 g/mol. The zero-order chi connectivity index (χ0) is 14.4. The van der Waals surface area contributed by atoms with Gasteiger partial charge in [0, 0.05) is 6.04 Å². The van der Waals surface area contributed by atoms with Crippen LogP contribution < -0.4 is 14.8 Å². The second-order valence-electron chi connectivity index (χ2n) is 4.43. The van der Waals surface area contributed by atoms with E-state index >= 15 is 0 Å². The van der Waals surface area contributed by atoms with Crippen molar-refractivity contribution in [2.24, 2.45) is 5.92 Å². The second-order valence-corrected chi connectivity index (χ2v) is 4.43. The lowest BCUT2D eigenvalue weighted by molar-refractivity contribution is -0.141. The van der Waals surface area contributed by atoms with Gasteiger partial charge in [0.25, 0.3) is 0 Å². The summed E-state index contributed by atoms with van der Waals surface area (Å²) in [5, 5.41) is 12.1. The lowest BCUT2D eigenvalue weighted by Gasteiger charge is -2.20. The molecule has 1 aromatic carbocycles. The van der Waals surface area contributed by atoms with Crippen molar-refractivity contribution in [1.29, 1.82) is 0 Å². The number of hydrogen-bond acceptors (Lipinski definition) is 4. The van der Waals surface area contributed by atoms with Crippen molar-refractivity contribution < 1.29 is 19.4 Å². The van der Waals surface area contributed by atoms with Gasteiger partial charge in [-0.05, 0) is 31.2 Å². The molecule has 0 radical (unpaired) electrons. The second kappa shape index (κ2) is 6.99. The first-order valence-corrected chi connectivity index (χ1v) is 6.15. The van der Waals surface area contributed by atoms with Crippen molar-refractivity contribution in [2.45, 2.75) is 19.4 Å². The van der Waals surface area contributed by atoms with Crippen LogP contribution in [0.3, 0.4) is 0 Å². The first-order chi connectivity index (χ1) is 9.03. The van der Waals surface area contributed by atoms with Crippen LogP contribution >= 0.6 is 0 Å². The molecule has 2 unspecified atom stereocenters. The molecule has 5 heteroatoms. The molecule has 1 aromatic rings. The largest absolute Gasteiger partial charge is 0.493 e. The third-order valence-corrected chi connectivity index (χ3v) is 3.17. The summed E-state index contributed by atoms with van der Waals surface area (Å²) in [5.41, 5.74) is 0.980. The summed E-state index contributed by atoms with van der Waals surface area (Å²) < 4.78 is 10.4. The molecule has 2 atom stereocenters. The molecule has 0 fully saturated rings. The molecule has 0 bridgehead atoms. The maximum atomic E-state index is 10.9. The highest BCUT2D eigenvalue weighted by atomic mass is 16.5. The molecular weight excluding hydrogens is 246 g/mol. The van der Waals surface area contributed by atoms with E-state index in [9.17, 15) is 4.79 Å². The first kappa shape index (κ1) is 15.3. The fraction of sp³-hybridized carbons (Fsp3) is 0.500. The van der Waals surface area contributed by atoms with Crippen LogP contribution in [0.2, 0.25) is 0 Å². The maximum Gasteiger partial charge on any atom is 0.306 e. The van der Waals surface area contributed by atoms with Gasteiger partial charge < -0.3 is 19.9 Å².